The van der Waals surface area contributed by atoms with Crippen LogP contribution in [0.3, 0.4) is 0 Å². The molecule has 0 radical (unpaired) electrons. The molecule has 2 N–H and O–H groups in total. The predicted molar refractivity (Wildman–Crippen MR) is 68.2 cm³/mol. The van der Waals surface area contributed by atoms with E-state index in [0.29, 0.717) is 12.3 Å². The maximum Gasteiger partial charge on any atom is 0.174 e. The summed E-state index contributed by atoms with van der Waals surface area (Å²) in [5.74, 6) is 0.681. The van der Waals surface area contributed by atoms with E-state index in [0.717, 1.165) is 17.1 Å². The molecule has 0 atom stereocenters. The fourth-order valence-corrected chi connectivity index (χ4v) is 1.56. The second-order valence-electron chi connectivity index (χ2n) is 3.80. The minimum absolute atomic E-state index is 0.0575. The Labute approximate surface area is 105 Å². The minimum Gasteiger partial charge on any atom is -0.479 e. The molecule has 92 valence electrons. The van der Waals surface area contributed by atoms with Gasteiger partial charge in [-0.3, -0.25) is 0 Å². The summed E-state index contributed by atoms with van der Waals surface area (Å²) >= 11 is 0. The van der Waals surface area contributed by atoms with Gasteiger partial charge in [-0.25, -0.2) is 4.98 Å². The van der Waals surface area contributed by atoms with E-state index in [4.69, 9.17) is 10.00 Å². The number of H-pyrrole nitrogens is 1. The zero-order valence-corrected chi connectivity index (χ0v) is 10.1. The van der Waals surface area contributed by atoms with Crippen LogP contribution in [0, 0.1) is 18.3 Å². The third-order valence-electron chi connectivity index (χ3n) is 2.53. The Bertz CT molecular complexity index is 556. The van der Waals surface area contributed by atoms with Gasteiger partial charge in [-0.1, -0.05) is 6.07 Å². The van der Waals surface area contributed by atoms with Crippen LogP contribution >= 0.6 is 0 Å². The summed E-state index contributed by atoms with van der Waals surface area (Å²) in [5.41, 5.74) is 2.98. The van der Waals surface area contributed by atoms with E-state index >= 15 is 0 Å². The summed E-state index contributed by atoms with van der Waals surface area (Å²) in [7, 11) is 0. The molecule has 0 bridgehead atoms. The van der Waals surface area contributed by atoms with Crippen molar-refractivity contribution in [2.75, 3.05) is 11.9 Å². The molecule has 1 aromatic carbocycles. The van der Waals surface area contributed by atoms with Gasteiger partial charge in [0.1, 0.15) is 11.8 Å². The molecule has 0 amide bonds. The number of nitrogens with zero attached hydrogens (tertiary/aromatic N) is 2. The SMILES string of the molecule is Cc1[nH]cnc1CNc1cccc(OCC#N)c1. The number of ether oxygens (including phenoxy) is 1. The van der Waals surface area contributed by atoms with Crippen LogP contribution in [0.4, 0.5) is 5.69 Å². The van der Waals surface area contributed by atoms with Gasteiger partial charge in [-0.05, 0) is 19.1 Å². The molecule has 0 aliphatic carbocycles. The summed E-state index contributed by atoms with van der Waals surface area (Å²) in [5, 5.41) is 11.7. The number of nitriles is 1. The first-order chi connectivity index (χ1) is 8.79. The summed E-state index contributed by atoms with van der Waals surface area (Å²) in [6.07, 6.45) is 1.68. The topological polar surface area (TPSA) is 73.7 Å². The molecule has 0 unspecified atom stereocenters. The zero-order chi connectivity index (χ0) is 12.8. The average Bonchev–Trinajstić information content (AvgIpc) is 2.80. The van der Waals surface area contributed by atoms with E-state index < -0.39 is 0 Å². The van der Waals surface area contributed by atoms with Gasteiger partial charge < -0.3 is 15.0 Å². The number of benzene rings is 1. The van der Waals surface area contributed by atoms with Crippen LogP contribution in [0.15, 0.2) is 30.6 Å². The lowest BCUT2D eigenvalue weighted by molar-refractivity contribution is 0.368. The first-order valence-electron chi connectivity index (χ1n) is 5.62. The van der Waals surface area contributed by atoms with Gasteiger partial charge in [0.15, 0.2) is 6.61 Å². The van der Waals surface area contributed by atoms with Crippen LogP contribution in [0.1, 0.15) is 11.4 Å². The van der Waals surface area contributed by atoms with Crippen molar-refractivity contribution < 1.29 is 4.74 Å². The number of aromatic amines is 1. The van der Waals surface area contributed by atoms with Gasteiger partial charge >= 0.3 is 0 Å². The highest BCUT2D eigenvalue weighted by Gasteiger charge is 2.01. The Morgan fingerprint density at radius 2 is 2.39 bits per heavy atom. The van der Waals surface area contributed by atoms with Crippen molar-refractivity contribution in [3.63, 3.8) is 0 Å². The Kier molecular flexibility index (Phi) is 3.82. The number of rotatable bonds is 5. The van der Waals surface area contributed by atoms with Crippen molar-refractivity contribution in [3.8, 4) is 11.8 Å². The number of hydrogen-bond donors (Lipinski definition) is 2. The Morgan fingerprint density at radius 3 is 3.11 bits per heavy atom. The largest absolute Gasteiger partial charge is 0.479 e. The quantitative estimate of drug-likeness (QED) is 0.843. The second kappa shape index (κ2) is 5.73. The third-order valence-corrected chi connectivity index (χ3v) is 2.53. The Hall–Kier alpha value is -2.48. The highest BCUT2D eigenvalue weighted by molar-refractivity contribution is 5.48. The van der Waals surface area contributed by atoms with Gasteiger partial charge in [0.05, 0.1) is 18.6 Å². The first-order valence-corrected chi connectivity index (χ1v) is 5.62. The summed E-state index contributed by atoms with van der Waals surface area (Å²) in [6, 6.07) is 9.45. The van der Waals surface area contributed by atoms with Crippen molar-refractivity contribution in [3.05, 3.63) is 42.0 Å². The van der Waals surface area contributed by atoms with Crippen molar-refractivity contribution in [1.82, 2.24) is 9.97 Å². The fourth-order valence-electron chi connectivity index (χ4n) is 1.56. The smallest absolute Gasteiger partial charge is 0.174 e. The highest BCUT2D eigenvalue weighted by Crippen LogP contribution is 2.18. The molecule has 5 heteroatoms. The molecule has 2 rings (SSSR count). The van der Waals surface area contributed by atoms with Crippen LogP contribution in [0.25, 0.3) is 0 Å². The molecule has 18 heavy (non-hydrogen) atoms. The van der Waals surface area contributed by atoms with E-state index in [2.05, 4.69) is 15.3 Å². The third kappa shape index (κ3) is 3.01. The lowest BCUT2D eigenvalue weighted by Crippen LogP contribution is -2.02. The van der Waals surface area contributed by atoms with Crippen molar-refractivity contribution in [2.24, 2.45) is 0 Å². The molecule has 5 nitrogen and oxygen atoms in total. The first kappa shape index (κ1) is 12.0. The number of imidazole rings is 1. The molecule has 0 spiro atoms. The summed E-state index contributed by atoms with van der Waals surface area (Å²) in [4.78, 5) is 7.24. The number of hydrogen-bond acceptors (Lipinski definition) is 4. The van der Waals surface area contributed by atoms with Crippen LogP contribution in [-0.4, -0.2) is 16.6 Å². The maximum absolute atomic E-state index is 8.45. The van der Waals surface area contributed by atoms with E-state index in [1.54, 1.807) is 6.33 Å². The standard InChI is InChI=1S/C13H14N4O/c1-10-13(17-9-16-10)8-15-11-3-2-4-12(7-11)18-6-5-14/h2-4,7,9,15H,6,8H2,1H3,(H,16,17). The van der Waals surface area contributed by atoms with Gasteiger partial charge in [-0.15, -0.1) is 0 Å². The Morgan fingerprint density at radius 1 is 1.50 bits per heavy atom. The number of aryl methyl sites for hydroxylation is 1. The monoisotopic (exact) mass is 242 g/mol. The van der Waals surface area contributed by atoms with E-state index in [-0.39, 0.29) is 6.61 Å². The second-order valence-corrected chi connectivity index (χ2v) is 3.80. The number of aromatic nitrogens is 2. The molecule has 0 saturated heterocycles. The summed E-state index contributed by atoms with van der Waals surface area (Å²) < 4.78 is 5.23. The molecule has 1 heterocycles. The number of anilines is 1. The molecule has 0 aliphatic heterocycles. The van der Waals surface area contributed by atoms with Crippen LogP contribution < -0.4 is 10.1 Å². The fraction of sp³-hybridized carbons (Fsp3) is 0.231. The molecule has 0 fully saturated rings. The molecule has 0 saturated carbocycles. The van der Waals surface area contributed by atoms with Gasteiger partial charge in [-0.2, -0.15) is 5.26 Å². The van der Waals surface area contributed by atoms with Crippen LogP contribution in [-0.2, 0) is 6.54 Å². The minimum atomic E-state index is 0.0575. The molecular formula is C13H14N4O. The van der Waals surface area contributed by atoms with Crippen LogP contribution in [0.2, 0.25) is 0 Å². The van der Waals surface area contributed by atoms with Crippen molar-refractivity contribution in [1.29, 1.82) is 5.26 Å². The lowest BCUT2D eigenvalue weighted by atomic mass is 10.3. The molecular weight excluding hydrogens is 228 g/mol. The highest BCUT2D eigenvalue weighted by atomic mass is 16.5. The molecule has 0 aliphatic rings. The number of nitrogens with one attached hydrogen (secondary N) is 2. The van der Waals surface area contributed by atoms with Gasteiger partial charge in [0.25, 0.3) is 0 Å². The summed E-state index contributed by atoms with van der Waals surface area (Å²) in [6.45, 7) is 2.69. The lowest BCUT2D eigenvalue weighted by Gasteiger charge is -2.07. The average molecular weight is 242 g/mol. The maximum atomic E-state index is 8.45. The van der Waals surface area contributed by atoms with Crippen molar-refractivity contribution in [2.45, 2.75) is 13.5 Å². The molecule has 1 aromatic heterocycles. The van der Waals surface area contributed by atoms with Crippen LogP contribution in [0.5, 0.6) is 5.75 Å². The zero-order valence-electron chi connectivity index (χ0n) is 10.1. The van der Waals surface area contributed by atoms with E-state index in [1.807, 2.05) is 37.3 Å². The predicted octanol–water partition coefficient (Wildman–Crippen LogP) is 2.23. The van der Waals surface area contributed by atoms with Gasteiger partial charge in [0.2, 0.25) is 0 Å². The Balaban J connectivity index is 1.97. The normalized spacial score (nSPS) is 9.78. The molecule has 2 aromatic rings. The van der Waals surface area contributed by atoms with Crippen molar-refractivity contribution >= 4 is 5.69 Å². The van der Waals surface area contributed by atoms with E-state index in [1.165, 1.54) is 0 Å². The van der Waals surface area contributed by atoms with E-state index in [9.17, 15) is 0 Å². The van der Waals surface area contributed by atoms with Gasteiger partial charge in [0, 0.05) is 17.4 Å².